The summed E-state index contributed by atoms with van der Waals surface area (Å²) in [6, 6.07) is 27.4. The molecule has 0 aliphatic rings. The van der Waals surface area contributed by atoms with E-state index in [9.17, 15) is 4.57 Å². The molecule has 0 atom stereocenters. The van der Waals surface area contributed by atoms with Gasteiger partial charge in [0, 0.05) is 16.3 Å². The summed E-state index contributed by atoms with van der Waals surface area (Å²) in [5, 5.41) is 1.52. The Hall–Kier alpha value is -2.70. The fourth-order valence-corrected chi connectivity index (χ4v) is 5.51. The molecule has 142 valence electrons. The summed E-state index contributed by atoms with van der Waals surface area (Å²) in [6.45, 7) is 6.21. The van der Waals surface area contributed by atoms with Gasteiger partial charge in [0.05, 0.1) is 0 Å². The first-order valence-corrected chi connectivity index (χ1v) is 11.2. The first kappa shape index (κ1) is 20.0. The summed E-state index contributed by atoms with van der Waals surface area (Å²) in [6.07, 6.45) is 2.86. The second-order valence-corrected chi connectivity index (χ2v) is 9.22. The first-order chi connectivity index (χ1) is 13.5. The molecule has 3 heteroatoms. The maximum atomic E-state index is 14.2. The van der Waals surface area contributed by atoms with Gasteiger partial charge in [-0.25, -0.2) is 4.76 Å². The van der Waals surface area contributed by atoms with Crippen LogP contribution in [0.1, 0.15) is 31.4 Å². The molecule has 0 heterocycles. The quantitative estimate of drug-likeness (QED) is 0.367. The molecule has 0 saturated heterocycles. The van der Waals surface area contributed by atoms with Gasteiger partial charge in [0.2, 0.25) is 7.29 Å². The van der Waals surface area contributed by atoms with E-state index in [1.807, 2.05) is 72.8 Å². The van der Waals surface area contributed by atoms with Crippen molar-refractivity contribution in [2.24, 2.45) is 4.76 Å². The predicted molar refractivity (Wildman–Crippen MR) is 122 cm³/mol. The van der Waals surface area contributed by atoms with Crippen molar-refractivity contribution in [2.75, 3.05) is 0 Å². The second kappa shape index (κ2) is 8.99. The van der Waals surface area contributed by atoms with Gasteiger partial charge in [0.1, 0.15) is 0 Å². The van der Waals surface area contributed by atoms with Crippen molar-refractivity contribution in [1.29, 1.82) is 0 Å². The average Bonchev–Trinajstić information content (AvgIpc) is 2.74. The van der Waals surface area contributed by atoms with Crippen LogP contribution in [-0.2, 0) is 4.57 Å². The fourth-order valence-electron chi connectivity index (χ4n) is 3.19. The molecule has 28 heavy (non-hydrogen) atoms. The zero-order chi connectivity index (χ0) is 20.0. The van der Waals surface area contributed by atoms with Crippen LogP contribution in [0, 0.1) is 6.92 Å². The summed E-state index contributed by atoms with van der Waals surface area (Å²) in [5.74, 6) is 0. The van der Waals surface area contributed by atoms with Crippen LogP contribution >= 0.6 is 7.29 Å². The van der Waals surface area contributed by atoms with Gasteiger partial charge in [-0.3, -0.25) is 4.57 Å². The van der Waals surface area contributed by atoms with Crippen molar-refractivity contribution >= 4 is 29.7 Å². The van der Waals surface area contributed by atoms with Crippen LogP contribution in [0.5, 0.6) is 0 Å². The Labute approximate surface area is 168 Å². The normalized spacial score (nSPS) is 12.8. The van der Waals surface area contributed by atoms with Gasteiger partial charge in [0.15, 0.2) is 0 Å². The molecule has 0 aliphatic carbocycles. The van der Waals surface area contributed by atoms with Crippen molar-refractivity contribution in [1.82, 2.24) is 0 Å². The predicted octanol–water partition coefficient (Wildman–Crippen LogP) is 6.18. The summed E-state index contributed by atoms with van der Waals surface area (Å²) in [7, 11) is -3.12. The first-order valence-electron chi connectivity index (χ1n) is 9.59. The minimum atomic E-state index is -3.12. The number of nitrogens with zero attached hydrogens (tertiary/aromatic N) is 1. The van der Waals surface area contributed by atoms with E-state index in [0.717, 1.165) is 33.9 Å². The van der Waals surface area contributed by atoms with Crippen molar-refractivity contribution in [2.45, 2.75) is 27.2 Å². The van der Waals surface area contributed by atoms with Crippen LogP contribution in [0.25, 0.3) is 6.08 Å². The molecule has 3 aromatic carbocycles. The molecule has 0 saturated carbocycles. The monoisotopic (exact) mass is 387 g/mol. The van der Waals surface area contributed by atoms with Crippen LogP contribution in [0.4, 0.5) is 0 Å². The molecule has 2 nitrogen and oxygen atoms in total. The van der Waals surface area contributed by atoms with Crippen LogP contribution in [0.15, 0.2) is 95.3 Å². The Morgan fingerprint density at radius 3 is 1.86 bits per heavy atom. The minimum absolute atomic E-state index is 0.720. The summed E-state index contributed by atoms with van der Waals surface area (Å²) >= 11 is 0. The van der Waals surface area contributed by atoms with Crippen molar-refractivity contribution in [3.8, 4) is 0 Å². The molecular formula is C25H26NOP. The summed E-state index contributed by atoms with van der Waals surface area (Å²) in [5.41, 5.74) is 4.30. The van der Waals surface area contributed by atoms with E-state index >= 15 is 0 Å². The Morgan fingerprint density at radius 2 is 1.36 bits per heavy atom. The Morgan fingerprint density at radius 1 is 0.857 bits per heavy atom. The molecule has 0 aromatic heterocycles. The van der Waals surface area contributed by atoms with Gasteiger partial charge in [-0.1, -0.05) is 67.6 Å². The lowest BCUT2D eigenvalue weighted by atomic mass is 10.0. The SMILES string of the molecule is CCC(=N/P(=O)(c1ccccc1)c1ccccc1)/C(C)=C/c1ccccc1C. The van der Waals surface area contributed by atoms with E-state index in [4.69, 9.17) is 4.76 Å². The molecule has 0 spiro atoms. The molecule has 0 radical (unpaired) electrons. The highest BCUT2D eigenvalue weighted by Crippen LogP contribution is 2.45. The van der Waals surface area contributed by atoms with Crippen molar-refractivity contribution < 1.29 is 4.57 Å². The second-order valence-electron chi connectivity index (χ2n) is 6.83. The van der Waals surface area contributed by atoms with E-state index in [-0.39, 0.29) is 0 Å². The lowest BCUT2D eigenvalue weighted by Crippen LogP contribution is -2.16. The number of aryl methyl sites for hydroxylation is 1. The van der Waals surface area contributed by atoms with E-state index in [2.05, 4.69) is 39.0 Å². The molecule has 0 aliphatic heterocycles. The van der Waals surface area contributed by atoms with E-state index < -0.39 is 7.29 Å². The maximum absolute atomic E-state index is 14.2. The molecule has 0 bridgehead atoms. The number of allylic oxidation sites excluding steroid dienone is 1. The Balaban J connectivity index is 2.13. The van der Waals surface area contributed by atoms with E-state index in [1.54, 1.807) is 0 Å². The van der Waals surface area contributed by atoms with Gasteiger partial charge in [-0.15, -0.1) is 0 Å². The molecule has 0 fully saturated rings. The highest BCUT2D eigenvalue weighted by atomic mass is 31.2. The standard InChI is InChI=1S/C25H26NOP/c1-4-25(21(3)19-22-14-12-11-13-20(22)2)26-28(27,23-15-7-5-8-16-23)24-17-9-6-10-18-24/h5-19H,4H2,1-3H3/b21-19+,26-25-. The average molecular weight is 387 g/mol. The largest absolute Gasteiger partial charge is 0.288 e. The third-order valence-corrected chi connectivity index (χ3v) is 7.34. The molecule has 0 unspecified atom stereocenters. The van der Waals surface area contributed by atoms with Crippen LogP contribution in [-0.4, -0.2) is 5.71 Å². The zero-order valence-corrected chi connectivity index (χ0v) is 17.6. The third kappa shape index (κ3) is 4.40. The van der Waals surface area contributed by atoms with Crippen LogP contribution in [0.3, 0.4) is 0 Å². The molecule has 3 aromatic rings. The summed E-state index contributed by atoms with van der Waals surface area (Å²) in [4.78, 5) is 0. The Kier molecular flexibility index (Phi) is 6.44. The van der Waals surface area contributed by atoms with Gasteiger partial charge in [-0.05, 0) is 67.3 Å². The van der Waals surface area contributed by atoms with Gasteiger partial charge in [0.25, 0.3) is 0 Å². The number of hydrogen-bond donors (Lipinski definition) is 0. The van der Waals surface area contributed by atoms with E-state index in [1.165, 1.54) is 5.56 Å². The lowest BCUT2D eigenvalue weighted by Gasteiger charge is -2.17. The van der Waals surface area contributed by atoms with E-state index in [0.29, 0.717) is 0 Å². The highest BCUT2D eigenvalue weighted by Gasteiger charge is 2.27. The minimum Gasteiger partial charge on any atom is -0.288 e. The molecular weight excluding hydrogens is 361 g/mol. The van der Waals surface area contributed by atoms with Gasteiger partial charge < -0.3 is 0 Å². The highest BCUT2D eigenvalue weighted by molar-refractivity contribution is 7.77. The maximum Gasteiger partial charge on any atom is 0.247 e. The molecule has 0 N–H and O–H groups in total. The zero-order valence-electron chi connectivity index (χ0n) is 16.7. The number of hydrogen-bond acceptors (Lipinski definition) is 1. The molecule has 0 amide bonds. The van der Waals surface area contributed by atoms with Gasteiger partial charge in [-0.2, -0.15) is 0 Å². The summed E-state index contributed by atoms with van der Waals surface area (Å²) < 4.78 is 19.1. The smallest absolute Gasteiger partial charge is 0.247 e. The Bertz CT molecular complexity index is 993. The van der Waals surface area contributed by atoms with Crippen LogP contribution in [0.2, 0.25) is 0 Å². The third-order valence-electron chi connectivity index (χ3n) is 4.82. The van der Waals surface area contributed by atoms with Crippen molar-refractivity contribution in [3.05, 3.63) is 102 Å². The lowest BCUT2D eigenvalue weighted by molar-refractivity contribution is 0.588. The van der Waals surface area contributed by atoms with Crippen molar-refractivity contribution in [3.63, 3.8) is 0 Å². The molecule has 3 rings (SSSR count). The number of rotatable bonds is 6. The topological polar surface area (TPSA) is 29.4 Å². The number of benzene rings is 3. The fraction of sp³-hybridized carbons (Fsp3) is 0.160. The van der Waals surface area contributed by atoms with Crippen LogP contribution < -0.4 is 10.6 Å². The van der Waals surface area contributed by atoms with Gasteiger partial charge >= 0.3 is 0 Å².